The van der Waals surface area contributed by atoms with Crippen LogP contribution in [-0.2, 0) is 0 Å². The van der Waals surface area contributed by atoms with Gasteiger partial charge >= 0.3 is 0 Å². The lowest BCUT2D eigenvalue weighted by molar-refractivity contribution is 0.474. The topological polar surface area (TPSA) is 99.3 Å². The number of nitrogens with zero attached hydrogens (tertiary/aromatic N) is 2. The third-order valence-corrected chi connectivity index (χ3v) is 5.55. The lowest BCUT2D eigenvalue weighted by Crippen LogP contribution is -2.14. The number of benzene rings is 4. The van der Waals surface area contributed by atoms with Gasteiger partial charge in [0, 0.05) is 11.8 Å². The number of phenolic OH excluding ortho intramolecular Hbond substituents is 2. The monoisotopic (exact) mass is 424 g/mol. The second-order valence-corrected chi connectivity index (χ2v) is 7.50. The second-order valence-electron chi connectivity index (χ2n) is 7.50. The van der Waals surface area contributed by atoms with Gasteiger partial charge in [0.25, 0.3) is 0 Å². The van der Waals surface area contributed by atoms with E-state index in [1.54, 1.807) is 48.5 Å². The summed E-state index contributed by atoms with van der Waals surface area (Å²) < 4.78 is 0. The van der Waals surface area contributed by atoms with Crippen LogP contribution in [-0.4, -0.2) is 10.2 Å². The van der Waals surface area contributed by atoms with Crippen LogP contribution >= 0.6 is 0 Å². The summed E-state index contributed by atoms with van der Waals surface area (Å²) >= 11 is 0. The van der Waals surface area contributed by atoms with E-state index in [2.05, 4.69) is 10.4 Å². The van der Waals surface area contributed by atoms with E-state index in [4.69, 9.17) is 0 Å². The van der Waals surface area contributed by atoms with Gasteiger partial charge in [-0.05, 0) is 81.1 Å². The van der Waals surface area contributed by atoms with Gasteiger partial charge in [0.2, 0.25) is 0 Å². The first-order valence-electron chi connectivity index (χ1n) is 10.0. The van der Waals surface area contributed by atoms with E-state index in [9.17, 15) is 20.0 Å². The molecule has 6 nitrogen and oxygen atoms in total. The average molecular weight is 424 g/mol. The van der Waals surface area contributed by atoms with Crippen LogP contribution in [0.15, 0.2) is 107 Å². The van der Waals surface area contributed by atoms with Crippen LogP contribution in [0.3, 0.4) is 0 Å². The van der Waals surface area contributed by atoms with E-state index in [1.165, 1.54) is 0 Å². The van der Waals surface area contributed by atoms with E-state index in [-0.39, 0.29) is 23.3 Å². The molecule has 4 aromatic carbocycles. The van der Waals surface area contributed by atoms with E-state index >= 15 is 0 Å². The summed E-state index contributed by atoms with van der Waals surface area (Å²) in [5, 5.41) is 25.6. The Morgan fingerprint density at radius 2 is 0.688 bits per heavy atom. The highest BCUT2D eigenvalue weighted by atomic mass is 16.3. The molecule has 0 fully saturated rings. The molecule has 4 rings (SSSR count). The Morgan fingerprint density at radius 3 is 0.938 bits per heavy atom. The molecule has 32 heavy (non-hydrogen) atoms. The van der Waals surface area contributed by atoms with Gasteiger partial charge in [0.15, 0.2) is 0 Å². The minimum Gasteiger partial charge on any atom is -0.508 e. The van der Waals surface area contributed by atoms with E-state index < -0.39 is 0 Å². The van der Waals surface area contributed by atoms with Crippen molar-refractivity contribution in [3.63, 3.8) is 0 Å². The highest BCUT2D eigenvalue weighted by molar-refractivity contribution is 5.50. The first-order valence-corrected chi connectivity index (χ1v) is 10.0. The maximum atomic E-state index is 10.9. The Morgan fingerprint density at radius 1 is 0.438 bits per heavy atom. The second kappa shape index (κ2) is 9.22. The molecular formula is C26H20N2O4. The number of hydrogen-bond donors (Lipinski definition) is 2. The van der Waals surface area contributed by atoms with Crippen LogP contribution < -0.4 is 0 Å². The molecule has 0 bridgehead atoms. The van der Waals surface area contributed by atoms with Gasteiger partial charge < -0.3 is 10.2 Å². The van der Waals surface area contributed by atoms with Crippen LogP contribution in [0.2, 0.25) is 0 Å². The molecule has 158 valence electrons. The molecule has 0 aliphatic carbocycles. The molecule has 0 aliphatic rings. The molecule has 0 spiro atoms. The summed E-state index contributed by atoms with van der Waals surface area (Å²) in [4.78, 5) is 21.9. The maximum Gasteiger partial charge on any atom is 0.115 e. The lowest BCUT2D eigenvalue weighted by Gasteiger charge is -2.29. The predicted octanol–water partition coefficient (Wildman–Crippen LogP) is 6.86. The first kappa shape index (κ1) is 20.9. The Balaban J connectivity index is 1.93. The van der Waals surface area contributed by atoms with E-state index in [0.29, 0.717) is 11.4 Å². The third kappa shape index (κ3) is 4.39. The molecule has 0 saturated heterocycles. The van der Waals surface area contributed by atoms with Crippen molar-refractivity contribution >= 4 is 11.4 Å². The molecule has 0 radical (unpaired) electrons. The van der Waals surface area contributed by atoms with Crippen LogP contribution in [0.4, 0.5) is 11.4 Å². The highest BCUT2D eigenvalue weighted by Crippen LogP contribution is 2.44. The number of nitroso groups, excluding NO2 is 2. The summed E-state index contributed by atoms with van der Waals surface area (Å²) in [6.45, 7) is 0. The fourth-order valence-corrected chi connectivity index (χ4v) is 4.00. The molecule has 4 aromatic rings. The fraction of sp³-hybridized carbons (Fsp3) is 0.0769. The Hall–Kier alpha value is -4.32. The van der Waals surface area contributed by atoms with Crippen molar-refractivity contribution in [3.05, 3.63) is 129 Å². The molecule has 6 heteroatoms. The van der Waals surface area contributed by atoms with E-state index in [1.807, 2.05) is 48.5 Å². The van der Waals surface area contributed by atoms with Crippen molar-refractivity contribution in [2.45, 2.75) is 11.8 Å². The van der Waals surface area contributed by atoms with Crippen LogP contribution in [0.1, 0.15) is 34.1 Å². The predicted molar refractivity (Wildman–Crippen MR) is 124 cm³/mol. The maximum absolute atomic E-state index is 10.9. The molecular weight excluding hydrogens is 404 g/mol. The standard InChI is InChI=1S/C26H20N2O4/c29-23-13-5-19(6-14-23)25(17-1-9-21(27-31)10-2-17)26(20-7-15-24(30)16-8-20)18-3-11-22(28-32)12-4-18/h1-16,25-26,29-30H. The van der Waals surface area contributed by atoms with Crippen molar-refractivity contribution in [1.29, 1.82) is 0 Å². The molecule has 0 aromatic heterocycles. The fourth-order valence-electron chi connectivity index (χ4n) is 4.00. The molecule has 0 amide bonds. The van der Waals surface area contributed by atoms with Crippen molar-refractivity contribution < 1.29 is 10.2 Å². The van der Waals surface area contributed by atoms with Gasteiger partial charge in [-0.25, -0.2) is 0 Å². The number of hydrogen-bond acceptors (Lipinski definition) is 6. The number of rotatable bonds is 7. The Kier molecular flexibility index (Phi) is 6.03. The smallest absolute Gasteiger partial charge is 0.115 e. The van der Waals surface area contributed by atoms with E-state index in [0.717, 1.165) is 22.3 Å². The summed E-state index contributed by atoms with van der Waals surface area (Å²) in [5.41, 5.74) is 4.45. The van der Waals surface area contributed by atoms with Gasteiger partial charge in [-0.2, -0.15) is 0 Å². The largest absolute Gasteiger partial charge is 0.508 e. The van der Waals surface area contributed by atoms with Gasteiger partial charge in [0.1, 0.15) is 22.9 Å². The van der Waals surface area contributed by atoms with Crippen LogP contribution in [0, 0.1) is 9.81 Å². The molecule has 0 saturated carbocycles. The Labute approximate surface area is 184 Å². The number of phenols is 2. The van der Waals surface area contributed by atoms with Crippen molar-refractivity contribution in [2.24, 2.45) is 10.4 Å². The van der Waals surface area contributed by atoms with Gasteiger partial charge in [0.05, 0.1) is 0 Å². The Bertz CT molecular complexity index is 1100. The van der Waals surface area contributed by atoms with Crippen molar-refractivity contribution in [3.8, 4) is 11.5 Å². The molecule has 2 unspecified atom stereocenters. The van der Waals surface area contributed by atoms with Gasteiger partial charge in [-0.1, -0.05) is 48.5 Å². The zero-order valence-electron chi connectivity index (χ0n) is 17.0. The summed E-state index contributed by atoms with van der Waals surface area (Å²) in [6, 6.07) is 28.1. The van der Waals surface area contributed by atoms with Crippen molar-refractivity contribution in [2.75, 3.05) is 0 Å². The lowest BCUT2D eigenvalue weighted by atomic mass is 9.73. The average Bonchev–Trinajstić information content (AvgIpc) is 2.84. The summed E-state index contributed by atoms with van der Waals surface area (Å²) in [7, 11) is 0. The summed E-state index contributed by atoms with van der Waals surface area (Å²) in [5.74, 6) is -0.0713. The molecule has 0 aliphatic heterocycles. The van der Waals surface area contributed by atoms with Gasteiger partial charge in [-0.15, -0.1) is 9.81 Å². The zero-order valence-corrected chi connectivity index (χ0v) is 17.0. The number of aromatic hydroxyl groups is 2. The quantitative estimate of drug-likeness (QED) is 0.317. The molecule has 0 heterocycles. The minimum atomic E-state index is -0.198. The highest BCUT2D eigenvalue weighted by Gasteiger charge is 2.28. The summed E-state index contributed by atoms with van der Waals surface area (Å²) in [6.07, 6.45) is 0. The molecule has 2 N–H and O–H groups in total. The molecule has 2 atom stereocenters. The SMILES string of the molecule is O=Nc1ccc(C(c2ccc(O)cc2)C(c2ccc(O)cc2)c2ccc(N=O)cc2)cc1. The normalized spacial score (nSPS) is 12.6. The zero-order chi connectivity index (χ0) is 22.5. The van der Waals surface area contributed by atoms with Crippen molar-refractivity contribution in [1.82, 2.24) is 0 Å². The van der Waals surface area contributed by atoms with Crippen LogP contribution in [0.5, 0.6) is 11.5 Å². The minimum absolute atomic E-state index is 0.163. The van der Waals surface area contributed by atoms with Crippen LogP contribution in [0.25, 0.3) is 0 Å². The third-order valence-electron chi connectivity index (χ3n) is 5.55. The van der Waals surface area contributed by atoms with Gasteiger partial charge in [-0.3, -0.25) is 0 Å². The first-order chi connectivity index (χ1) is 15.6.